The second-order valence-electron chi connectivity index (χ2n) is 5.53. The summed E-state index contributed by atoms with van der Waals surface area (Å²) in [5.74, 6) is -0.163. The lowest BCUT2D eigenvalue weighted by molar-refractivity contribution is -0.133. The van der Waals surface area contributed by atoms with Crippen LogP contribution in [0.3, 0.4) is 0 Å². The number of nitrogen functional groups attached to an aromatic ring is 1. The molecule has 2 N–H and O–H groups in total. The molecule has 0 saturated heterocycles. The molecule has 1 aromatic heterocycles. The Labute approximate surface area is 139 Å². The SMILES string of the molecule is CCC(=O)Oc1c(N)cccc1-c1cc2ccccc2n(C)c1=O. The molecule has 5 nitrogen and oxygen atoms in total. The first-order chi connectivity index (χ1) is 11.5. The Hall–Kier alpha value is -3.08. The Balaban J connectivity index is 2.29. The fraction of sp³-hybridized carbons (Fsp3) is 0.158. The van der Waals surface area contributed by atoms with E-state index in [9.17, 15) is 9.59 Å². The van der Waals surface area contributed by atoms with Crippen LogP contribution in [-0.2, 0) is 11.8 Å². The van der Waals surface area contributed by atoms with Crippen molar-refractivity contribution in [2.24, 2.45) is 7.05 Å². The van der Waals surface area contributed by atoms with Crippen LogP contribution in [0.2, 0.25) is 0 Å². The van der Waals surface area contributed by atoms with Gasteiger partial charge in [0.15, 0.2) is 5.75 Å². The normalized spacial score (nSPS) is 10.8. The highest BCUT2D eigenvalue weighted by Gasteiger charge is 2.17. The number of carbonyl (C=O) groups is 1. The number of pyridine rings is 1. The number of hydrogen-bond donors (Lipinski definition) is 1. The molecule has 3 rings (SSSR count). The molecule has 24 heavy (non-hydrogen) atoms. The molecule has 0 aliphatic carbocycles. The number of carbonyl (C=O) groups excluding carboxylic acids is 1. The minimum atomic E-state index is -0.397. The lowest BCUT2D eigenvalue weighted by atomic mass is 10.0. The van der Waals surface area contributed by atoms with Gasteiger partial charge in [0.1, 0.15) is 0 Å². The Morgan fingerprint density at radius 2 is 1.88 bits per heavy atom. The molecule has 0 aliphatic rings. The van der Waals surface area contributed by atoms with Gasteiger partial charge in [0.05, 0.1) is 16.8 Å². The summed E-state index contributed by atoms with van der Waals surface area (Å²) < 4.78 is 6.96. The molecule has 0 radical (unpaired) electrons. The molecule has 3 aromatic rings. The monoisotopic (exact) mass is 322 g/mol. The number of aromatic nitrogens is 1. The van der Waals surface area contributed by atoms with Crippen LogP contribution in [0.5, 0.6) is 5.75 Å². The van der Waals surface area contributed by atoms with Gasteiger partial charge in [-0.2, -0.15) is 0 Å². The van der Waals surface area contributed by atoms with E-state index in [4.69, 9.17) is 10.5 Å². The predicted octanol–water partition coefficient (Wildman–Crippen LogP) is 3.10. The largest absolute Gasteiger partial charge is 0.424 e. The van der Waals surface area contributed by atoms with Crippen molar-refractivity contribution in [1.29, 1.82) is 0 Å². The van der Waals surface area contributed by atoms with E-state index in [0.29, 0.717) is 16.8 Å². The van der Waals surface area contributed by atoms with Gasteiger partial charge in [-0.15, -0.1) is 0 Å². The number of aryl methyl sites for hydroxylation is 1. The molecule has 2 aromatic carbocycles. The van der Waals surface area contributed by atoms with Gasteiger partial charge in [-0.25, -0.2) is 0 Å². The van der Waals surface area contributed by atoms with Crippen LogP contribution in [0, 0.1) is 0 Å². The fourth-order valence-electron chi connectivity index (χ4n) is 2.68. The van der Waals surface area contributed by atoms with Crippen LogP contribution >= 0.6 is 0 Å². The van der Waals surface area contributed by atoms with Crippen LogP contribution in [0.4, 0.5) is 5.69 Å². The van der Waals surface area contributed by atoms with Gasteiger partial charge in [-0.05, 0) is 23.6 Å². The Morgan fingerprint density at radius 3 is 2.62 bits per heavy atom. The summed E-state index contributed by atoms with van der Waals surface area (Å²) in [5, 5.41) is 0.921. The van der Waals surface area contributed by atoms with Gasteiger partial charge in [0.2, 0.25) is 0 Å². The van der Waals surface area contributed by atoms with Gasteiger partial charge in [0.25, 0.3) is 5.56 Å². The number of ether oxygens (including phenoxy) is 1. The molecule has 0 atom stereocenters. The molecular formula is C19H18N2O3. The summed E-state index contributed by atoms with van der Waals surface area (Å²) in [6, 6.07) is 14.5. The van der Waals surface area contributed by atoms with E-state index in [1.165, 1.54) is 0 Å². The van der Waals surface area contributed by atoms with Gasteiger partial charge in [-0.3, -0.25) is 9.59 Å². The third-order valence-corrected chi connectivity index (χ3v) is 3.97. The average Bonchev–Trinajstić information content (AvgIpc) is 2.60. The Kier molecular flexibility index (Phi) is 4.08. The number of hydrogen-bond acceptors (Lipinski definition) is 4. The van der Waals surface area contributed by atoms with E-state index in [-0.39, 0.29) is 17.7 Å². The zero-order valence-corrected chi connectivity index (χ0v) is 13.6. The van der Waals surface area contributed by atoms with Crippen molar-refractivity contribution in [1.82, 2.24) is 4.57 Å². The molecule has 0 fully saturated rings. The summed E-state index contributed by atoms with van der Waals surface area (Å²) in [6.07, 6.45) is 0.226. The Bertz CT molecular complexity index is 990. The summed E-state index contributed by atoms with van der Waals surface area (Å²) in [7, 11) is 1.72. The molecule has 122 valence electrons. The predicted molar refractivity (Wildman–Crippen MR) is 95.0 cm³/mol. The summed E-state index contributed by atoms with van der Waals surface area (Å²) in [4.78, 5) is 24.5. The van der Waals surface area contributed by atoms with Crippen LogP contribution < -0.4 is 16.0 Å². The molecule has 0 saturated carbocycles. The zero-order chi connectivity index (χ0) is 17.3. The maximum atomic E-state index is 12.8. The van der Waals surface area contributed by atoms with E-state index in [1.54, 1.807) is 42.8 Å². The minimum Gasteiger partial charge on any atom is -0.424 e. The molecule has 0 amide bonds. The highest BCUT2D eigenvalue weighted by molar-refractivity contribution is 5.88. The van der Waals surface area contributed by atoms with Gasteiger partial charge < -0.3 is 15.0 Å². The molecular weight excluding hydrogens is 304 g/mol. The van der Waals surface area contributed by atoms with E-state index in [1.807, 2.05) is 24.3 Å². The number of anilines is 1. The van der Waals surface area contributed by atoms with Crippen molar-refractivity contribution in [3.8, 4) is 16.9 Å². The number of fused-ring (bicyclic) bond motifs is 1. The first kappa shape index (κ1) is 15.8. The van der Waals surface area contributed by atoms with Gasteiger partial charge in [0, 0.05) is 19.0 Å². The second kappa shape index (κ2) is 6.20. The number of benzene rings is 2. The number of rotatable bonds is 3. The maximum absolute atomic E-state index is 12.8. The topological polar surface area (TPSA) is 74.3 Å². The number of nitrogens with zero attached hydrogens (tertiary/aromatic N) is 1. The van der Waals surface area contributed by atoms with Gasteiger partial charge in [-0.1, -0.05) is 37.3 Å². The first-order valence-corrected chi connectivity index (χ1v) is 7.71. The summed E-state index contributed by atoms with van der Waals surface area (Å²) in [5.41, 5.74) is 7.93. The second-order valence-corrected chi connectivity index (χ2v) is 5.53. The van der Waals surface area contributed by atoms with Crippen LogP contribution in [0.15, 0.2) is 53.3 Å². The minimum absolute atomic E-state index is 0.173. The fourth-order valence-corrected chi connectivity index (χ4v) is 2.68. The van der Waals surface area contributed by atoms with Crippen molar-refractivity contribution < 1.29 is 9.53 Å². The standard InChI is InChI=1S/C19H18N2O3/c1-3-17(22)24-18-13(8-6-9-15(18)20)14-11-12-7-4-5-10-16(12)21(2)19(14)23/h4-11H,3,20H2,1-2H3. The van der Waals surface area contributed by atoms with E-state index in [0.717, 1.165) is 10.9 Å². The van der Waals surface area contributed by atoms with Crippen LogP contribution in [0.25, 0.3) is 22.0 Å². The van der Waals surface area contributed by atoms with Crippen molar-refractivity contribution in [3.05, 3.63) is 58.9 Å². The van der Waals surface area contributed by atoms with Crippen molar-refractivity contribution in [3.63, 3.8) is 0 Å². The molecule has 0 unspecified atom stereocenters. The molecule has 1 heterocycles. The lowest BCUT2D eigenvalue weighted by Gasteiger charge is -2.14. The molecule has 0 bridgehead atoms. The highest BCUT2D eigenvalue weighted by atomic mass is 16.5. The number of nitrogens with two attached hydrogens (primary N) is 1. The Morgan fingerprint density at radius 1 is 1.12 bits per heavy atom. The smallest absolute Gasteiger partial charge is 0.310 e. The van der Waals surface area contributed by atoms with Gasteiger partial charge >= 0.3 is 5.97 Å². The number of esters is 1. The zero-order valence-electron chi connectivity index (χ0n) is 13.6. The highest BCUT2D eigenvalue weighted by Crippen LogP contribution is 2.34. The van der Waals surface area contributed by atoms with E-state index < -0.39 is 5.97 Å². The van der Waals surface area contributed by atoms with Crippen LogP contribution in [-0.4, -0.2) is 10.5 Å². The van der Waals surface area contributed by atoms with Crippen molar-refractivity contribution in [2.75, 3.05) is 5.73 Å². The van der Waals surface area contributed by atoms with Crippen molar-refractivity contribution in [2.45, 2.75) is 13.3 Å². The molecule has 0 spiro atoms. The maximum Gasteiger partial charge on any atom is 0.310 e. The average molecular weight is 322 g/mol. The first-order valence-electron chi connectivity index (χ1n) is 7.71. The van der Waals surface area contributed by atoms with Crippen LogP contribution in [0.1, 0.15) is 13.3 Å². The third kappa shape index (κ3) is 2.65. The summed E-state index contributed by atoms with van der Waals surface area (Å²) >= 11 is 0. The molecule has 0 aliphatic heterocycles. The van der Waals surface area contributed by atoms with E-state index in [2.05, 4.69) is 0 Å². The number of para-hydroxylation sites is 2. The molecule has 5 heteroatoms. The van der Waals surface area contributed by atoms with Crippen molar-refractivity contribution >= 4 is 22.6 Å². The quantitative estimate of drug-likeness (QED) is 0.457. The lowest BCUT2D eigenvalue weighted by Crippen LogP contribution is -2.19. The van der Waals surface area contributed by atoms with E-state index >= 15 is 0 Å². The third-order valence-electron chi connectivity index (χ3n) is 3.97. The summed E-state index contributed by atoms with van der Waals surface area (Å²) in [6.45, 7) is 1.70.